The summed E-state index contributed by atoms with van der Waals surface area (Å²) in [5.74, 6) is 0.0983. The molecule has 4 nitrogen and oxygen atoms in total. The van der Waals surface area contributed by atoms with Crippen molar-refractivity contribution < 1.29 is 8.91 Å². The maximum absolute atomic E-state index is 11.3. The van der Waals surface area contributed by atoms with E-state index in [4.69, 9.17) is 4.12 Å². The molecule has 0 atom stereocenters. The number of amides is 1. The fraction of sp³-hybridized carbons (Fsp3) is 0.769. The number of hydrogen-bond acceptors (Lipinski definition) is 3. The molecule has 0 spiro atoms. The minimum absolute atomic E-state index is 0.0983. The summed E-state index contributed by atoms with van der Waals surface area (Å²) in [5, 5.41) is 6.30. The first-order chi connectivity index (χ1) is 8.62. The maximum Gasteiger partial charge on any atom is 0.219 e. The molecular formula is C13H30N2O2Si2. The third-order valence-corrected chi connectivity index (χ3v) is 9.25. The Labute approximate surface area is 120 Å². The SMILES string of the molecule is C=C(CC)NC[Si](C)(C)O[Si](C)(C)CNC(=O)CC. The van der Waals surface area contributed by atoms with Crippen molar-refractivity contribution in [3.8, 4) is 0 Å². The van der Waals surface area contributed by atoms with Gasteiger partial charge in [0.05, 0.1) is 0 Å². The molecule has 0 aromatic heterocycles. The fourth-order valence-electron chi connectivity index (χ4n) is 1.72. The van der Waals surface area contributed by atoms with Crippen LogP contribution in [0.5, 0.6) is 0 Å². The minimum atomic E-state index is -1.84. The molecule has 0 saturated carbocycles. The van der Waals surface area contributed by atoms with Gasteiger partial charge in [-0.05, 0) is 32.6 Å². The molecule has 0 unspecified atom stereocenters. The highest BCUT2D eigenvalue weighted by atomic mass is 28.4. The third kappa shape index (κ3) is 9.01. The van der Waals surface area contributed by atoms with Crippen LogP contribution < -0.4 is 10.6 Å². The maximum atomic E-state index is 11.3. The fourth-order valence-corrected chi connectivity index (χ4v) is 9.58. The first-order valence-corrected chi connectivity index (χ1v) is 13.2. The van der Waals surface area contributed by atoms with Gasteiger partial charge in [-0.1, -0.05) is 20.4 Å². The van der Waals surface area contributed by atoms with E-state index in [-0.39, 0.29) is 5.91 Å². The lowest BCUT2D eigenvalue weighted by molar-refractivity contribution is -0.120. The number of allylic oxidation sites excluding steroid dienone is 1. The van der Waals surface area contributed by atoms with Gasteiger partial charge in [0.15, 0.2) is 16.6 Å². The first kappa shape index (κ1) is 18.4. The van der Waals surface area contributed by atoms with Crippen LogP contribution in [-0.4, -0.2) is 34.9 Å². The molecule has 112 valence electrons. The number of nitrogens with one attached hydrogen (secondary N) is 2. The van der Waals surface area contributed by atoms with Gasteiger partial charge in [-0.25, -0.2) is 0 Å². The van der Waals surface area contributed by atoms with Crippen LogP contribution in [0.2, 0.25) is 26.2 Å². The summed E-state index contributed by atoms with van der Waals surface area (Å²) < 4.78 is 6.37. The minimum Gasteiger partial charge on any atom is -0.453 e. The normalized spacial score (nSPS) is 12.1. The van der Waals surface area contributed by atoms with Crippen molar-refractivity contribution in [3.05, 3.63) is 12.3 Å². The average molecular weight is 303 g/mol. The Hall–Kier alpha value is -0.596. The Kier molecular flexibility index (Phi) is 7.62. The van der Waals surface area contributed by atoms with Crippen molar-refractivity contribution in [2.75, 3.05) is 12.3 Å². The van der Waals surface area contributed by atoms with Gasteiger partial charge in [0.1, 0.15) is 0 Å². The summed E-state index contributed by atoms with van der Waals surface area (Å²) in [6.45, 7) is 16.6. The van der Waals surface area contributed by atoms with Gasteiger partial charge in [-0.2, -0.15) is 0 Å². The lowest BCUT2D eigenvalue weighted by Gasteiger charge is -2.34. The molecule has 0 radical (unpaired) electrons. The Morgan fingerprint density at radius 1 is 1.00 bits per heavy atom. The molecule has 6 heteroatoms. The van der Waals surface area contributed by atoms with Crippen LogP contribution in [0, 0.1) is 0 Å². The van der Waals surface area contributed by atoms with E-state index in [2.05, 4.69) is 50.3 Å². The second-order valence-electron chi connectivity index (χ2n) is 6.06. The summed E-state index contributed by atoms with van der Waals surface area (Å²) in [4.78, 5) is 11.3. The Balaban J connectivity index is 4.28. The van der Waals surface area contributed by atoms with Crippen molar-refractivity contribution >= 4 is 22.5 Å². The zero-order valence-electron chi connectivity index (χ0n) is 13.4. The number of rotatable bonds is 9. The van der Waals surface area contributed by atoms with Crippen LogP contribution in [0.15, 0.2) is 12.3 Å². The van der Waals surface area contributed by atoms with E-state index < -0.39 is 16.6 Å². The molecule has 0 aliphatic rings. The van der Waals surface area contributed by atoms with Crippen molar-refractivity contribution in [2.24, 2.45) is 0 Å². The smallest absolute Gasteiger partial charge is 0.219 e. The van der Waals surface area contributed by atoms with Gasteiger partial charge in [0.2, 0.25) is 5.91 Å². The molecule has 0 aliphatic heterocycles. The summed E-state index contributed by atoms with van der Waals surface area (Å²) in [7, 11) is -3.60. The summed E-state index contributed by atoms with van der Waals surface area (Å²) in [6, 6.07) is 0. The van der Waals surface area contributed by atoms with Gasteiger partial charge in [-0.15, -0.1) is 0 Å². The molecule has 0 aliphatic carbocycles. The van der Waals surface area contributed by atoms with Gasteiger partial charge in [-0.3, -0.25) is 4.79 Å². The van der Waals surface area contributed by atoms with Crippen LogP contribution >= 0.6 is 0 Å². The van der Waals surface area contributed by atoms with E-state index in [0.29, 0.717) is 12.6 Å². The largest absolute Gasteiger partial charge is 0.453 e. The quantitative estimate of drug-likeness (QED) is 0.644. The van der Waals surface area contributed by atoms with E-state index >= 15 is 0 Å². The molecule has 0 saturated heterocycles. The highest BCUT2D eigenvalue weighted by molar-refractivity contribution is 6.85. The number of hydrogen-bond donors (Lipinski definition) is 2. The molecule has 1 amide bonds. The van der Waals surface area contributed by atoms with Crippen LogP contribution in [0.4, 0.5) is 0 Å². The van der Waals surface area contributed by atoms with E-state index in [9.17, 15) is 4.79 Å². The predicted molar refractivity (Wildman–Crippen MR) is 86.8 cm³/mol. The van der Waals surface area contributed by atoms with Gasteiger partial charge in [0, 0.05) is 24.5 Å². The third-order valence-electron chi connectivity index (χ3n) is 2.78. The monoisotopic (exact) mass is 302 g/mol. The van der Waals surface area contributed by atoms with Gasteiger partial charge >= 0.3 is 0 Å². The lowest BCUT2D eigenvalue weighted by atomic mass is 10.4. The summed E-state index contributed by atoms with van der Waals surface area (Å²) in [5.41, 5.74) is 1.06. The van der Waals surface area contributed by atoms with Crippen molar-refractivity contribution in [3.63, 3.8) is 0 Å². The van der Waals surface area contributed by atoms with Crippen molar-refractivity contribution in [1.82, 2.24) is 10.6 Å². The van der Waals surface area contributed by atoms with Crippen LogP contribution in [-0.2, 0) is 8.91 Å². The standard InChI is InChI=1S/C13H30N2O2Si2/c1-8-12(3)14-10-18(4,5)17-19(6,7)11-15-13(16)9-2/h14H,3,8-11H2,1-2,4-7H3,(H,15,16). The molecule has 0 heterocycles. The van der Waals surface area contributed by atoms with E-state index in [1.165, 1.54) is 0 Å². The van der Waals surface area contributed by atoms with E-state index in [0.717, 1.165) is 18.3 Å². The van der Waals surface area contributed by atoms with Crippen LogP contribution in [0.1, 0.15) is 26.7 Å². The van der Waals surface area contributed by atoms with Gasteiger partial charge < -0.3 is 14.7 Å². The Morgan fingerprint density at radius 3 is 1.89 bits per heavy atom. The van der Waals surface area contributed by atoms with Gasteiger partial charge in [0.25, 0.3) is 0 Å². The highest BCUT2D eigenvalue weighted by Crippen LogP contribution is 2.13. The molecule has 0 aromatic carbocycles. The molecule has 19 heavy (non-hydrogen) atoms. The van der Waals surface area contributed by atoms with E-state index in [1.54, 1.807) is 0 Å². The second kappa shape index (κ2) is 7.86. The summed E-state index contributed by atoms with van der Waals surface area (Å²) in [6.07, 6.45) is 3.03. The molecule has 2 N–H and O–H groups in total. The number of carbonyl (C=O) groups is 1. The molecule has 0 rings (SSSR count). The first-order valence-electron chi connectivity index (χ1n) is 7.00. The highest BCUT2D eigenvalue weighted by Gasteiger charge is 2.33. The van der Waals surface area contributed by atoms with Crippen molar-refractivity contribution in [2.45, 2.75) is 52.9 Å². The topological polar surface area (TPSA) is 50.4 Å². The molecule has 0 bridgehead atoms. The predicted octanol–water partition coefficient (Wildman–Crippen LogP) is 2.53. The Morgan fingerprint density at radius 2 is 1.47 bits per heavy atom. The second-order valence-corrected chi connectivity index (χ2v) is 14.6. The van der Waals surface area contributed by atoms with Crippen molar-refractivity contribution in [1.29, 1.82) is 0 Å². The number of carbonyl (C=O) groups excluding carboxylic acids is 1. The van der Waals surface area contributed by atoms with E-state index in [1.807, 2.05) is 6.92 Å². The average Bonchev–Trinajstić information content (AvgIpc) is 2.31. The Bertz CT molecular complexity index is 288. The van der Waals surface area contributed by atoms with Crippen LogP contribution in [0.25, 0.3) is 0 Å². The zero-order valence-corrected chi connectivity index (χ0v) is 15.4. The summed E-state index contributed by atoms with van der Waals surface area (Å²) >= 11 is 0. The molecule has 0 aromatic rings. The lowest BCUT2D eigenvalue weighted by Crippen LogP contribution is -2.55. The van der Waals surface area contributed by atoms with Crippen LogP contribution in [0.3, 0.4) is 0 Å². The molecular weight excluding hydrogens is 272 g/mol. The zero-order chi connectivity index (χ0) is 15.1. The molecule has 0 fully saturated rings.